The van der Waals surface area contributed by atoms with Crippen LogP contribution in [0.4, 0.5) is 5.00 Å². The van der Waals surface area contributed by atoms with Crippen LogP contribution < -0.4 is 14.8 Å². The third-order valence-electron chi connectivity index (χ3n) is 5.58. The van der Waals surface area contributed by atoms with E-state index in [9.17, 15) is 9.59 Å². The van der Waals surface area contributed by atoms with Crippen molar-refractivity contribution >= 4 is 28.2 Å². The van der Waals surface area contributed by atoms with Gasteiger partial charge in [-0.15, -0.1) is 11.3 Å². The number of hydrogen-bond acceptors (Lipinski definition) is 6. The van der Waals surface area contributed by atoms with E-state index in [4.69, 9.17) is 14.2 Å². The number of nitrogens with one attached hydrogen (secondary N) is 1. The summed E-state index contributed by atoms with van der Waals surface area (Å²) in [5.74, 6) is 0.816. The Morgan fingerprint density at radius 1 is 0.944 bits per heavy atom. The zero-order chi connectivity index (χ0) is 25.9. The van der Waals surface area contributed by atoms with Gasteiger partial charge in [0.25, 0.3) is 0 Å². The summed E-state index contributed by atoms with van der Waals surface area (Å²) in [6, 6.07) is 15.5. The molecule has 0 aliphatic rings. The lowest BCUT2D eigenvalue weighted by molar-refractivity contribution is -0.116. The first-order chi connectivity index (χ1) is 17.5. The number of esters is 1. The molecule has 0 atom stereocenters. The van der Waals surface area contributed by atoms with Crippen LogP contribution in [-0.2, 0) is 16.0 Å². The van der Waals surface area contributed by atoms with Gasteiger partial charge in [-0.3, -0.25) is 4.79 Å². The van der Waals surface area contributed by atoms with E-state index in [1.54, 1.807) is 6.92 Å². The minimum Gasteiger partial charge on any atom is -0.490 e. The smallest absolute Gasteiger partial charge is 0.341 e. The Bertz CT molecular complexity index is 1160. The second-order valence-electron chi connectivity index (χ2n) is 8.29. The molecule has 0 fully saturated rings. The molecule has 0 bridgehead atoms. The highest BCUT2D eigenvalue weighted by Gasteiger charge is 2.25. The molecular formula is C29H35NO5S. The predicted octanol–water partition coefficient (Wildman–Crippen LogP) is 7.05. The number of unbranched alkanes of at least 4 members (excludes halogenated alkanes) is 1. The lowest BCUT2D eigenvalue weighted by atomic mass is 10.0. The minimum atomic E-state index is -0.434. The zero-order valence-corrected chi connectivity index (χ0v) is 22.3. The third kappa shape index (κ3) is 7.10. The monoisotopic (exact) mass is 509 g/mol. The van der Waals surface area contributed by atoms with Gasteiger partial charge in [-0.05, 0) is 56.9 Å². The van der Waals surface area contributed by atoms with Crippen molar-refractivity contribution < 1.29 is 23.8 Å². The zero-order valence-electron chi connectivity index (χ0n) is 21.5. The third-order valence-corrected chi connectivity index (χ3v) is 6.60. The molecule has 0 aliphatic heterocycles. The highest BCUT2D eigenvalue weighted by Crippen LogP contribution is 2.40. The van der Waals surface area contributed by atoms with Gasteiger partial charge in [-0.25, -0.2) is 4.79 Å². The van der Waals surface area contributed by atoms with Gasteiger partial charge in [0.05, 0.1) is 19.8 Å². The SMILES string of the molecule is CCCCOc1ccc(CCC(=O)Nc2sc(C)c(-c3ccccc3)c2C(=O)OCC)cc1OCC. The Labute approximate surface area is 217 Å². The first-order valence-electron chi connectivity index (χ1n) is 12.5. The molecule has 36 heavy (non-hydrogen) atoms. The summed E-state index contributed by atoms with van der Waals surface area (Å²) in [6.45, 7) is 9.22. The summed E-state index contributed by atoms with van der Waals surface area (Å²) in [5, 5.41) is 3.48. The van der Waals surface area contributed by atoms with Crippen LogP contribution in [-0.4, -0.2) is 31.7 Å². The number of anilines is 1. The fourth-order valence-corrected chi connectivity index (χ4v) is 4.93. The van der Waals surface area contributed by atoms with Crippen molar-refractivity contribution in [1.29, 1.82) is 0 Å². The first-order valence-corrected chi connectivity index (χ1v) is 13.3. The summed E-state index contributed by atoms with van der Waals surface area (Å²) in [5.41, 5.74) is 3.11. The van der Waals surface area contributed by atoms with E-state index in [0.717, 1.165) is 40.2 Å². The quantitative estimate of drug-likeness (QED) is 0.197. The molecule has 1 aromatic heterocycles. The van der Waals surface area contributed by atoms with E-state index in [2.05, 4.69) is 12.2 Å². The van der Waals surface area contributed by atoms with Gasteiger partial charge in [0.1, 0.15) is 10.6 Å². The number of carbonyl (C=O) groups excluding carboxylic acids is 2. The van der Waals surface area contributed by atoms with Gasteiger partial charge in [-0.1, -0.05) is 49.7 Å². The molecule has 192 valence electrons. The summed E-state index contributed by atoms with van der Waals surface area (Å²) in [4.78, 5) is 26.7. The van der Waals surface area contributed by atoms with E-state index in [1.807, 2.05) is 62.4 Å². The molecule has 2 aromatic carbocycles. The van der Waals surface area contributed by atoms with Crippen LogP contribution in [0.15, 0.2) is 48.5 Å². The summed E-state index contributed by atoms with van der Waals surface area (Å²) in [7, 11) is 0. The number of ether oxygens (including phenoxy) is 3. The van der Waals surface area contributed by atoms with E-state index in [0.29, 0.717) is 35.9 Å². The maximum atomic E-state index is 12.9. The van der Waals surface area contributed by atoms with Gasteiger partial charge >= 0.3 is 5.97 Å². The highest BCUT2D eigenvalue weighted by atomic mass is 32.1. The Hall–Kier alpha value is -3.32. The lowest BCUT2D eigenvalue weighted by Crippen LogP contribution is -2.15. The average molecular weight is 510 g/mol. The van der Waals surface area contributed by atoms with Crippen LogP contribution in [0.25, 0.3) is 11.1 Å². The van der Waals surface area contributed by atoms with Crippen LogP contribution >= 0.6 is 11.3 Å². The topological polar surface area (TPSA) is 73.9 Å². The van der Waals surface area contributed by atoms with E-state index in [1.165, 1.54) is 11.3 Å². The summed E-state index contributed by atoms with van der Waals surface area (Å²) < 4.78 is 16.9. The first kappa shape index (κ1) is 27.3. The molecule has 7 heteroatoms. The Morgan fingerprint density at radius 2 is 1.72 bits per heavy atom. The van der Waals surface area contributed by atoms with Crippen LogP contribution in [0, 0.1) is 6.92 Å². The lowest BCUT2D eigenvalue weighted by Gasteiger charge is -2.13. The van der Waals surface area contributed by atoms with Crippen molar-refractivity contribution in [2.75, 3.05) is 25.1 Å². The normalized spacial score (nSPS) is 10.7. The summed E-state index contributed by atoms with van der Waals surface area (Å²) in [6.07, 6.45) is 2.84. The maximum absolute atomic E-state index is 12.9. The molecule has 0 unspecified atom stereocenters. The average Bonchev–Trinajstić information content (AvgIpc) is 3.20. The molecule has 0 aliphatic carbocycles. The second kappa shape index (κ2) is 13.7. The number of rotatable bonds is 13. The molecule has 1 heterocycles. The fourth-order valence-electron chi connectivity index (χ4n) is 3.85. The van der Waals surface area contributed by atoms with Crippen LogP contribution in [0.3, 0.4) is 0 Å². The van der Waals surface area contributed by atoms with E-state index in [-0.39, 0.29) is 18.9 Å². The van der Waals surface area contributed by atoms with Crippen molar-refractivity contribution in [3.05, 3.63) is 64.5 Å². The Balaban J connectivity index is 1.75. The van der Waals surface area contributed by atoms with Crippen molar-refractivity contribution in [3.63, 3.8) is 0 Å². The van der Waals surface area contributed by atoms with Crippen molar-refractivity contribution in [2.45, 2.75) is 53.4 Å². The maximum Gasteiger partial charge on any atom is 0.341 e. The number of aryl methyl sites for hydroxylation is 2. The molecular weight excluding hydrogens is 474 g/mol. The molecule has 3 aromatic rings. The number of thiophene rings is 1. The van der Waals surface area contributed by atoms with E-state index >= 15 is 0 Å². The van der Waals surface area contributed by atoms with Crippen molar-refractivity contribution in [3.8, 4) is 22.6 Å². The van der Waals surface area contributed by atoms with Crippen LogP contribution in [0.2, 0.25) is 0 Å². The van der Waals surface area contributed by atoms with Crippen LogP contribution in [0.1, 0.15) is 60.8 Å². The fraction of sp³-hybridized carbons (Fsp3) is 0.379. The number of hydrogen-bond donors (Lipinski definition) is 1. The molecule has 0 saturated carbocycles. The van der Waals surface area contributed by atoms with Gasteiger partial charge in [0, 0.05) is 16.9 Å². The van der Waals surface area contributed by atoms with Gasteiger partial charge in [0.2, 0.25) is 5.91 Å². The Morgan fingerprint density at radius 3 is 2.42 bits per heavy atom. The largest absolute Gasteiger partial charge is 0.490 e. The van der Waals surface area contributed by atoms with Crippen molar-refractivity contribution in [1.82, 2.24) is 0 Å². The Kier molecular flexibility index (Phi) is 10.4. The van der Waals surface area contributed by atoms with E-state index < -0.39 is 5.97 Å². The number of amides is 1. The van der Waals surface area contributed by atoms with Gasteiger partial charge < -0.3 is 19.5 Å². The molecule has 0 radical (unpaired) electrons. The number of benzene rings is 2. The standard InChI is InChI=1S/C29H35NO5S/c1-5-8-18-35-23-16-14-21(19-24(23)33-6-2)15-17-25(31)30-28-27(29(32)34-7-3)26(20(4)36-28)22-12-10-9-11-13-22/h9-14,16,19H,5-8,15,17-18H2,1-4H3,(H,30,31). The number of carbonyl (C=O) groups is 2. The summed E-state index contributed by atoms with van der Waals surface area (Å²) >= 11 is 1.39. The minimum absolute atomic E-state index is 0.164. The molecule has 1 amide bonds. The van der Waals surface area contributed by atoms with Gasteiger partial charge in [0.15, 0.2) is 11.5 Å². The predicted molar refractivity (Wildman–Crippen MR) is 145 cm³/mol. The van der Waals surface area contributed by atoms with Crippen LogP contribution in [0.5, 0.6) is 11.5 Å². The van der Waals surface area contributed by atoms with Gasteiger partial charge in [-0.2, -0.15) is 0 Å². The second-order valence-corrected chi connectivity index (χ2v) is 9.51. The molecule has 3 rings (SSSR count). The van der Waals surface area contributed by atoms with Crippen molar-refractivity contribution in [2.24, 2.45) is 0 Å². The molecule has 0 spiro atoms. The highest BCUT2D eigenvalue weighted by molar-refractivity contribution is 7.17. The molecule has 6 nitrogen and oxygen atoms in total. The molecule has 1 N–H and O–H groups in total. The molecule has 0 saturated heterocycles.